The molecular weight excluding hydrogens is 424 g/mol. The third kappa shape index (κ3) is 3.92. The van der Waals surface area contributed by atoms with Crippen molar-refractivity contribution in [3.05, 3.63) is 72.2 Å². The van der Waals surface area contributed by atoms with Gasteiger partial charge in [-0.05, 0) is 47.0 Å². The molecule has 4 aromatic rings. The van der Waals surface area contributed by atoms with Gasteiger partial charge in [0, 0.05) is 11.8 Å². The van der Waals surface area contributed by atoms with E-state index in [1.165, 1.54) is 19.2 Å². The number of nitrogens with zero attached hydrogens (tertiary/aromatic N) is 3. The van der Waals surface area contributed by atoms with Crippen LogP contribution < -0.4 is 4.74 Å². The Hall–Kier alpha value is -3.56. The summed E-state index contributed by atoms with van der Waals surface area (Å²) in [6.45, 7) is 0. The maximum absolute atomic E-state index is 13.4. The van der Waals surface area contributed by atoms with Crippen LogP contribution in [-0.2, 0) is 12.4 Å². The predicted molar refractivity (Wildman–Crippen MR) is 100 cm³/mol. The zero-order valence-corrected chi connectivity index (χ0v) is 15.8. The molecule has 0 saturated carbocycles. The van der Waals surface area contributed by atoms with E-state index >= 15 is 0 Å². The number of methoxy groups -OCH3 is 1. The first-order valence-electron chi connectivity index (χ1n) is 8.86. The Bertz CT molecular complexity index is 1230. The average molecular weight is 437 g/mol. The van der Waals surface area contributed by atoms with Gasteiger partial charge in [-0.25, -0.2) is 0 Å². The van der Waals surface area contributed by atoms with E-state index < -0.39 is 23.7 Å². The normalized spacial score (nSPS) is 12.4. The van der Waals surface area contributed by atoms with Crippen molar-refractivity contribution in [2.75, 3.05) is 7.11 Å². The first-order chi connectivity index (χ1) is 14.6. The predicted octanol–water partition coefficient (Wildman–Crippen LogP) is 6.11. The van der Waals surface area contributed by atoms with Crippen molar-refractivity contribution in [2.45, 2.75) is 12.4 Å². The van der Waals surface area contributed by atoms with E-state index in [1.54, 1.807) is 30.3 Å². The summed E-state index contributed by atoms with van der Waals surface area (Å²) in [5.41, 5.74) is 0.578. The molecule has 160 valence electrons. The van der Waals surface area contributed by atoms with Crippen LogP contribution in [0.4, 0.5) is 26.3 Å². The van der Waals surface area contributed by atoms with Crippen LogP contribution in [0.25, 0.3) is 27.9 Å². The highest BCUT2D eigenvalue weighted by Crippen LogP contribution is 2.36. The lowest BCUT2D eigenvalue weighted by molar-refractivity contribution is -0.145. The summed E-state index contributed by atoms with van der Waals surface area (Å²) in [5, 5.41) is 6.98. The first-order valence-corrected chi connectivity index (χ1v) is 8.86. The van der Waals surface area contributed by atoms with Crippen molar-refractivity contribution < 1.29 is 31.1 Å². The second-order valence-corrected chi connectivity index (χ2v) is 6.66. The number of aromatic nitrogens is 3. The molecule has 4 rings (SSSR count). The molecule has 2 heterocycles. The maximum atomic E-state index is 13.4. The molecule has 0 saturated heterocycles. The fourth-order valence-corrected chi connectivity index (χ4v) is 3.18. The monoisotopic (exact) mass is 437 g/mol. The van der Waals surface area contributed by atoms with Gasteiger partial charge in [0.25, 0.3) is 0 Å². The summed E-state index contributed by atoms with van der Waals surface area (Å²) in [6, 6.07) is 12.3. The molecule has 31 heavy (non-hydrogen) atoms. The highest BCUT2D eigenvalue weighted by atomic mass is 19.4. The molecule has 0 amide bonds. The lowest BCUT2D eigenvalue weighted by atomic mass is 10.00. The Morgan fingerprint density at radius 2 is 1.35 bits per heavy atom. The van der Waals surface area contributed by atoms with Gasteiger partial charge in [-0.3, -0.25) is 4.40 Å². The van der Waals surface area contributed by atoms with Crippen molar-refractivity contribution in [2.24, 2.45) is 0 Å². The summed E-state index contributed by atoms with van der Waals surface area (Å²) >= 11 is 0. The zero-order valence-electron chi connectivity index (χ0n) is 15.8. The summed E-state index contributed by atoms with van der Waals surface area (Å²) in [5.74, 6) is -0.679. The highest BCUT2D eigenvalue weighted by Gasteiger charge is 2.37. The smallest absolute Gasteiger partial charge is 0.452 e. The fourth-order valence-electron chi connectivity index (χ4n) is 3.18. The lowest BCUT2D eigenvalue weighted by Gasteiger charge is -2.12. The standard InChI is InChI=1S/C21H13F6N3O/c1-31-16-8-4-13(5-9-16)17-10-14(12-2-6-15(7-3-12)20(22,23)24)11-30-18(17)28-29-19(30)21(25,26)27/h2-11H,1H3. The molecule has 4 nitrogen and oxygen atoms in total. The minimum absolute atomic E-state index is 0.0341. The molecule has 0 bridgehead atoms. The number of ether oxygens (including phenoxy) is 1. The van der Waals surface area contributed by atoms with Crippen LogP contribution in [0.2, 0.25) is 0 Å². The van der Waals surface area contributed by atoms with Gasteiger partial charge >= 0.3 is 12.4 Å². The van der Waals surface area contributed by atoms with Crippen molar-refractivity contribution >= 4 is 5.65 Å². The number of alkyl halides is 6. The van der Waals surface area contributed by atoms with Crippen LogP contribution in [0, 0.1) is 0 Å². The summed E-state index contributed by atoms with van der Waals surface area (Å²) < 4.78 is 84.8. The minimum Gasteiger partial charge on any atom is -0.497 e. The van der Waals surface area contributed by atoms with Crippen molar-refractivity contribution in [3.63, 3.8) is 0 Å². The second-order valence-electron chi connectivity index (χ2n) is 6.66. The van der Waals surface area contributed by atoms with Crippen molar-refractivity contribution in [3.8, 4) is 28.0 Å². The Labute approximate surface area is 171 Å². The topological polar surface area (TPSA) is 39.4 Å². The van der Waals surface area contributed by atoms with Gasteiger partial charge < -0.3 is 4.74 Å². The molecule has 0 aliphatic heterocycles. The van der Waals surface area contributed by atoms with Crippen LogP contribution in [0.3, 0.4) is 0 Å². The number of rotatable bonds is 3. The van der Waals surface area contributed by atoms with Crippen LogP contribution in [0.1, 0.15) is 11.4 Å². The van der Waals surface area contributed by atoms with Crippen LogP contribution in [0.5, 0.6) is 5.75 Å². The van der Waals surface area contributed by atoms with Gasteiger partial charge in [0.1, 0.15) is 5.75 Å². The molecule has 0 atom stereocenters. The maximum Gasteiger partial charge on any atom is 0.452 e. The number of halogens is 6. The van der Waals surface area contributed by atoms with Gasteiger partial charge in [0.15, 0.2) is 5.65 Å². The average Bonchev–Trinajstić information content (AvgIpc) is 3.17. The van der Waals surface area contributed by atoms with Crippen molar-refractivity contribution in [1.82, 2.24) is 14.6 Å². The molecule has 0 fully saturated rings. The van der Waals surface area contributed by atoms with Gasteiger partial charge in [-0.15, -0.1) is 10.2 Å². The lowest BCUT2D eigenvalue weighted by Crippen LogP contribution is -2.11. The molecule has 10 heteroatoms. The minimum atomic E-state index is -4.77. The molecule has 2 aromatic heterocycles. The van der Waals surface area contributed by atoms with Gasteiger partial charge in [0.05, 0.1) is 12.7 Å². The Kier molecular flexibility index (Phi) is 4.87. The molecule has 2 aromatic carbocycles. The van der Waals surface area contributed by atoms with Gasteiger partial charge in [-0.2, -0.15) is 26.3 Å². The van der Waals surface area contributed by atoms with E-state index in [0.717, 1.165) is 22.7 Å². The quantitative estimate of drug-likeness (QED) is 0.363. The van der Waals surface area contributed by atoms with Gasteiger partial charge in [-0.1, -0.05) is 24.3 Å². The number of pyridine rings is 1. The van der Waals surface area contributed by atoms with E-state index in [1.807, 2.05) is 0 Å². The SMILES string of the molecule is COc1ccc(-c2cc(-c3ccc(C(F)(F)F)cc3)cn3c(C(F)(F)F)nnc23)cc1. The first kappa shape index (κ1) is 20.7. The molecule has 0 aliphatic rings. The zero-order chi connectivity index (χ0) is 22.4. The number of hydrogen-bond donors (Lipinski definition) is 0. The number of benzene rings is 2. The summed E-state index contributed by atoms with van der Waals surface area (Å²) in [6.07, 6.45) is -8.13. The van der Waals surface area contributed by atoms with Gasteiger partial charge in [0.2, 0.25) is 5.82 Å². The number of fused-ring (bicyclic) bond motifs is 1. The van der Waals surface area contributed by atoms with E-state index in [4.69, 9.17) is 4.74 Å². The molecule has 0 aliphatic carbocycles. The number of hydrogen-bond acceptors (Lipinski definition) is 3. The summed E-state index contributed by atoms with van der Waals surface area (Å²) in [7, 11) is 1.48. The largest absolute Gasteiger partial charge is 0.497 e. The van der Waals surface area contributed by atoms with Crippen LogP contribution in [-0.4, -0.2) is 21.7 Å². The molecule has 0 spiro atoms. The third-order valence-corrected chi connectivity index (χ3v) is 4.70. The van der Waals surface area contributed by atoms with E-state index in [0.29, 0.717) is 22.4 Å². The molecule has 0 N–H and O–H groups in total. The fraction of sp³-hybridized carbons (Fsp3) is 0.143. The Morgan fingerprint density at radius 3 is 1.90 bits per heavy atom. The van der Waals surface area contributed by atoms with Crippen molar-refractivity contribution in [1.29, 1.82) is 0 Å². The third-order valence-electron chi connectivity index (χ3n) is 4.70. The Morgan fingerprint density at radius 1 is 0.742 bits per heavy atom. The summed E-state index contributed by atoms with van der Waals surface area (Å²) in [4.78, 5) is 0. The van der Waals surface area contributed by atoms with Crippen LogP contribution >= 0.6 is 0 Å². The molecule has 0 unspecified atom stereocenters. The van der Waals surface area contributed by atoms with E-state index in [9.17, 15) is 26.3 Å². The molecule has 0 radical (unpaired) electrons. The Balaban J connectivity index is 1.93. The van der Waals surface area contributed by atoms with E-state index in [2.05, 4.69) is 10.2 Å². The van der Waals surface area contributed by atoms with E-state index in [-0.39, 0.29) is 11.2 Å². The molecular formula is C21H13F6N3O. The highest BCUT2D eigenvalue weighted by molar-refractivity contribution is 5.82. The van der Waals surface area contributed by atoms with Crippen LogP contribution in [0.15, 0.2) is 60.8 Å². The second kappa shape index (κ2) is 7.29.